The van der Waals surface area contributed by atoms with Gasteiger partial charge in [-0.3, -0.25) is 9.78 Å². The summed E-state index contributed by atoms with van der Waals surface area (Å²) in [5, 5.41) is 6.35. The highest BCUT2D eigenvalue weighted by molar-refractivity contribution is 6.12. The van der Waals surface area contributed by atoms with Gasteiger partial charge in [0, 0.05) is 23.3 Å². The summed E-state index contributed by atoms with van der Waals surface area (Å²) in [5.74, 6) is -0.0176. The quantitative estimate of drug-likeness (QED) is 0.174. The van der Waals surface area contributed by atoms with E-state index in [2.05, 4.69) is 25.4 Å². The van der Waals surface area contributed by atoms with Crippen molar-refractivity contribution in [2.45, 2.75) is 38.7 Å². The second-order valence-corrected chi connectivity index (χ2v) is 11.7. The van der Waals surface area contributed by atoms with Crippen molar-refractivity contribution in [3.8, 4) is 23.0 Å². The number of carbonyl (C=O) groups is 2. The van der Waals surface area contributed by atoms with Crippen LogP contribution in [0.5, 0.6) is 11.5 Å². The van der Waals surface area contributed by atoms with Crippen LogP contribution in [0.25, 0.3) is 33.5 Å². The first kappa shape index (κ1) is 33.0. The molecule has 252 valence electrons. The van der Waals surface area contributed by atoms with Gasteiger partial charge in [-0.2, -0.15) is 36.1 Å². The van der Waals surface area contributed by atoms with Crippen LogP contribution in [0.1, 0.15) is 42.4 Å². The molecule has 0 spiro atoms. The van der Waals surface area contributed by atoms with Crippen LogP contribution < -0.4 is 10.1 Å². The van der Waals surface area contributed by atoms with Crippen molar-refractivity contribution in [1.29, 1.82) is 0 Å². The summed E-state index contributed by atoms with van der Waals surface area (Å²) < 4.78 is 91.8. The van der Waals surface area contributed by atoms with Gasteiger partial charge in [0.15, 0.2) is 11.5 Å². The SMILES string of the molecule is CC(C)(C)OC(=O)n1nc(C(=O)Nc2ccc(Oc3ccnc(-c4nc5cc(C(F)(F)F)ccc5[nH]4)c3)cc2)c2cc(C(F)(F)F)ccc21. The van der Waals surface area contributed by atoms with Gasteiger partial charge in [0.1, 0.15) is 22.8 Å². The number of hydrogen-bond acceptors (Lipinski definition) is 7. The van der Waals surface area contributed by atoms with E-state index < -0.39 is 46.8 Å². The van der Waals surface area contributed by atoms with E-state index in [1.807, 2.05) is 0 Å². The molecule has 3 aromatic carbocycles. The number of fused-ring (bicyclic) bond motifs is 2. The Balaban J connectivity index is 1.20. The third kappa shape index (κ3) is 7.17. The van der Waals surface area contributed by atoms with E-state index in [-0.39, 0.29) is 27.9 Å². The third-order valence-electron chi connectivity index (χ3n) is 6.92. The number of pyridine rings is 1. The van der Waals surface area contributed by atoms with E-state index in [0.717, 1.165) is 35.0 Å². The van der Waals surface area contributed by atoms with Gasteiger partial charge >= 0.3 is 18.4 Å². The fourth-order valence-electron chi connectivity index (χ4n) is 4.75. The maximum absolute atomic E-state index is 13.5. The Labute approximate surface area is 272 Å². The summed E-state index contributed by atoms with van der Waals surface area (Å²) in [4.78, 5) is 37.4. The van der Waals surface area contributed by atoms with Gasteiger partial charge < -0.3 is 19.8 Å². The number of nitrogens with zero attached hydrogens (tertiary/aromatic N) is 4. The van der Waals surface area contributed by atoms with Crippen LogP contribution in [0.4, 0.5) is 36.8 Å². The second-order valence-electron chi connectivity index (χ2n) is 11.7. The van der Waals surface area contributed by atoms with Crippen molar-refractivity contribution in [1.82, 2.24) is 24.7 Å². The highest BCUT2D eigenvalue weighted by Crippen LogP contribution is 2.34. The maximum Gasteiger partial charge on any atom is 0.435 e. The number of aromatic amines is 1. The molecule has 0 bridgehead atoms. The molecule has 10 nitrogen and oxygen atoms in total. The molecule has 6 aromatic rings. The lowest BCUT2D eigenvalue weighted by Crippen LogP contribution is -2.28. The highest BCUT2D eigenvalue weighted by atomic mass is 19.4. The summed E-state index contributed by atoms with van der Waals surface area (Å²) >= 11 is 0. The molecule has 6 rings (SSSR count). The molecule has 0 aliphatic carbocycles. The van der Waals surface area contributed by atoms with Crippen molar-refractivity contribution in [2.24, 2.45) is 0 Å². The van der Waals surface area contributed by atoms with Crippen LogP contribution in [0, 0.1) is 0 Å². The van der Waals surface area contributed by atoms with Crippen LogP contribution in [0.2, 0.25) is 0 Å². The number of ether oxygens (including phenoxy) is 2. The first-order chi connectivity index (χ1) is 22.9. The summed E-state index contributed by atoms with van der Waals surface area (Å²) in [6.07, 6.45) is -8.78. The number of amides is 1. The molecule has 49 heavy (non-hydrogen) atoms. The van der Waals surface area contributed by atoms with Crippen LogP contribution >= 0.6 is 0 Å². The number of aromatic nitrogens is 5. The monoisotopic (exact) mass is 682 g/mol. The molecule has 0 aliphatic heterocycles. The third-order valence-corrected chi connectivity index (χ3v) is 6.92. The Kier molecular flexibility index (Phi) is 8.04. The number of H-pyrrole nitrogens is 1. The lowest BCUT2D eigenvalue weighted by atomic mass is 10.1. The largest absolute Gasteiger partial charge is 0.457 e. The molecule has 3 aromatic heterocycles. The average molecular weight is 683 g/mol. The Morgan fingerprint density at radius 3 is 2.16 bits per heavy atom. The standard InChI is InChI=1S/C33H24F6N6O4/c1-31(2,3)49-30(47)45-26-11-5-17(32(34,35)36)14-22(26)27(44-45)29(46)41-19-6-8-20(9-7-19)48-21-12-13-40-25(16-21)28-42-23-10-4-18(33(37,38)39)15-24(23)43-28/h4-16H,1-3H3,(H,41,46)(H,42,43). The minimum atomic E-state index is -4.71. The predicted molar refractivity (Wildman–Crippen MR) is 165 cm³/mol. The summed E-state index contributed by atoms with van der Waals surface area (Å²) in [5.41, 5.74) is -2.25. The van der Waals surface area contributed by atoms with Crippen LogP contribution in [-0.2, 0) is 17.1 Å². The molecular formula is C33H24F6N6O4. The number of rotatable bonds is 5. The summed E-state index contributed by atoms with van der Waals surface area (Å²) in [6, 6.07) is 14.8. The first-order valence-electron chi connectivity index (χ1n) is 14.4. The van der Waals surface area contributed by atoms with E-state index in [0.29, 0.717) is 22.7 Å². The van der Waals surface area contributed by atoms with E-state index in [1.165, 1.54) is 42.6 Å². The van der Waals surface area contributed by atoms with Gasteiger partial charge in [0.2, 0.25) is 0 Å². The van der Waals surface area contributed by atoms with Gasteiger partial charge in [0.25, 0.3) is 5.91 Å². The van der Waals surface area contributed by atoms with E-state index in [1.54, 1.807) is 26.8 Å². The van der Waals surface area contributed by atoms with Gasteiger partial charge in [-0.1, -0.05) is 0 Å². The Bertz CT molecular complexity index is 2220. The van der Waals surface area contributed by atoms with Crippen LogP contribution in [-0.4, -0.2) is 42.3 Å². The minimum absolute atomic E-state index is 0.0541. The van der Waals surface area contributed by atoms with Crippen LogP contribution in [0.15, 0.2) is 79.0 Å². The van der Waals surface area contributed by atoms with E-state index in [9.17, 15) is 35.9 Å². The Morgan fingerprint density at radius 1 is 0.816 bits per heavy atom. The maximum atomic E-state index is 13.5. The fraction of sp³-hybridized carbons (Fsp3) is 0.182. The van der Waals surface area contributed by atoms with Crippen LogP contribution in [0.3, 0.4) is 0 Å². The minimum Gasteiger partial charge on any atom is -0.457 e. The topological polar surface area (TPSA) is 124 Å². The zero-order chi connectivity index (χ0) is 35.3. The number of anilines is 1. The van der Waals surface area contributed by atoms with Gasteiger partial charge in [-0.05, 0) is 87.5 Å². The zero-order valence-electron chi connectivity index (χ0n) is 25.7. The van der Waals surface area contributed by atoms with Crippen molar-refractivity contribution in [3.05, 3.63) is 95.8 Å². The highest BCUT2D eigenvalue weighted by Gasteiger charge is 2.33. The molecule has 3 heterocycles. The van der Waals surface area contributed by atoms with E-state index in [4.69, 9.17) is 9.47 Å². The van der Waals surface area contributed by atoms with Crippen molar-refractivity contribution in [3.63, 3.8) is 0 Å². The molecule has 1 amide bonds. The number of hydrogen-bond donors (Lipinski definition) is 2. The molecular weight excluding hydrogens is 658 g/mol. The smallest absolute Gasteiger partial charge is 0.435 e. The van der Waals surface area contributed by atoms with Crippen molar-refractivity contribution < 1.29 is 45.4 Å². The average Bonchev–Trinajstić information content (AvgIpc) is 3.62. The lowest BCUT2D eigenvalue weighted by Gasteiger charge is -2.19. The molecule has 0 saturated heterocycles. The predicted octanol–water partition coefficient (Wildman–Crippen LogP) is 8.84. The number of benzene rings is 3. The van der Waals surface area contributed by atoms with Gasteiger partial charge in [-0.25, -0.2) is 9.78 Å². The summed E-state index contributed by atoms with van der Waals surface area (Å²) in [6.45, 7) is 4.81. The zero-order valence-corrected chi connectivity index (χ0v) is 25.7. The first-order valence-corrected chi connectivity index (χ1v) is 14.4. The van der Waals surface area contributed by atoms with E-state index >= 15 is 0 Å². The Morgan fingerprint density at radius 2 is 1.49 bits per heavy atom. The molecule has 0 aliphatic rings. The second kappa shape index (κ2) is 11.9. The van der Waals surface area contributed by atoms with Crippen molar-refractivity contribution >= 4 is 39.6 Å². The molecule has 0 radical (unpaired) electrons. The molecule has 16 heteroatoms. The molecule has 0 fully saturated rings. The molecule has 2 N–H and O–H groups in total. The fourth-order valence-corrected chi connectivity index (χ4v) is 4.75. The lowest BCUT2D eigenvalue weighted by molar-refractivity contribution is -0.138. The molecule has 0 atom stereocenters. The number of nitrogens with one attached hydrogen (secondary N) is 2. The number of carbonyl (C=O) groups excluding carboxylic acids is 2. The number of alkyl halides is 6. The molecule has 0 unspecified atom stereocenters. The molecule has 0 saturated carbocycles. The number of imidazole rings is 1. The van der Waals surface area contributed by atoms with Gasteiger partial charge in [0.05, 0.1) is 27.7 Å². The van der Waals surface area contributed by atoms with Crippen molar-refractivity contribution in [2.75, 3.05) is 5.32 Å². The van der Waals surface area contributed by atoms with Gasteiger partial charge in [-0.15, -0.1) is 0 Å². The summed E-state index contributed by atoms with van der Waals surface area (Å²) in [7, 11) is 0. The number of halogens is 6. The normalized spacial score (nSPS) is 12.3. The Hall–Kier alpha value is -5.93.